The van der Waals surface area contributed by atoms with Gasteiger partial charge in [0.05, 0.1) is 17.9 Å². The Morgan fingerprint density at radius 2 is 2.44 bits per heavy atom. The highest BCUT2D eigenvalue weighted by Gasteiger charge is 2.42. The van der Waals surface area contributed by atoms with Gasteiger partial charge in [0.1, 0.15) is 5.76 Å². The van der Waals surface area contributed by atoms with Crippen molar-refractivity contribution in [1.82, 2.24) is 0 Å². The van der Waals surface area contributed by atoms with Gasteiger partial charge in [-0.1, -0.05) is 0 Å². The van der Waals surface area contributed by atoms with Crippen LogP contribution < -0.4 is 5.73 Å². The number of ether oxygens (including phenoxy) is 1. The molecule has 0 aliphatic carbocycles. The number of thioether (sulfide) groups is 1. The van der Waals surface area contributed by atoms with E-state index in [0.29, 0.717) is 5.92 Å². The summed E-state index contributed by atoms with van der Waals surface area (Å²) in [6, 6.07) is 2.02. The second kappa shape index (κ2) is 4.91. The molecule has 1 spiro atoms. The number of furan rings is 1. The molecule has 0 radical (unpaired) electrons. The minimum atomic E-state index is 0.0198. The van der Waals surface area contributed by atoms with Crippen molar-refractivity contribution >= 4 is 11.8 Å². The Morgan fingerprint density at radius 1 is 1.56 bits per heavy atom. The van der Waals surface area contributed by atoms with Crippen LogP contribution in [0.25, 0.3) is 0 Å². The van der Waals surface area contributed by atoms with Crippen LogP contribution in [0.3, 0.4) is 0 Å². The quantitative estimate of drug-likeness (QED) is 0.895. The van der Waals surface area contributed by atoms with E-state index in [9.17, 15) is 0 Å². The molecule has 0 aromatic carbocycles. The summed E-state index contributed by atoms with van der Waals surface area (Å²) in [6.07, 6.45) is 5.05. The fourth-order valence-corrected chi connectivity index (χ4v) is 4.55. The number of nitrogens with two attached hydrogens (primary N) is 1. The molecule has 0 bridgehead atoms. The number of hydrogen-bond donors (Lipinski definition) is 1. The maximum Gasteiger partial charge on any atom is 0.123 e. The highest BCUT2D eigenvalue weighted by molar-refractivity contribution is 7.99. The first-order chi connectivity index (χ1) is 8.70. The SMILES string of the molecule is Cc1ccoc1C(N)C1CCOC2(CCSC2)C1. The van der Waals surface area contributed by atoms with Gasteiger partial charge in [-0.3, -0.25) is 0 Å². The summed E-state index contributed by atoms with van der Waals surface area (Å²) in [6.45, 7) is 2.91. The van der Waals surface area contributed by atoms with Crippen LogP contribution in [0.15, 0.2) is 16.7 Å². The van der Waals surface area contributed by atoms with Crippen molar-refractivity contribution in [2.24, 2.45) is 11.7 Å². The lowest BCUT2D eigenvalue weighted by atomic mass is 9.80. The molecule has 4 heteroatoms. The molecule has 3 unspecified atom stereocenters. The van der Waals surface area contributed by atoms with Gasteiger partial charge in [-0.05, 0) is 49.5 Å². The maximum absolute atomic E-state index is 6.41. The summed E-state index contributed by atoms with van der Waals surface area (Å²) >= 11 is 2.00. The summed E-state index contributed by atoms with van der Waals surface area (Å²) in [7, 11) is 0. The molecule has 0 saturated carbocycles. The highest BCUT2D eigenvalue weighted by Crippen LogP contribution is 2.43. The summed E-state index contributed by atoms with van der Waals surface area (Å²) in [5, 5.41) is 0. The van der Waals surface area contributed by atoms with Crippen LogP contribution in [-0.4, -0.2) is 23.7 Å². The normalized spacial score (nSPS) is 34.0. The first-order valence-electron chi connectivity index (χ1n) is 6.71. The van der Waals surface area contributed by atoms with E-state index in [4.69, 9.17) is 14.9 Å². The van der Waals surface area contributed by atoms with Gasteiger partial charge in [-0.25, -0.2) is 0 Å². The van der Waals surface area contributed by atoms with Crippen molar-refractivity contribution in [3.8, 4) is 0 Å². The van der Waals surface area contributed by atoms with E-state index in [1.54, 1.807) is 6.26 Å². The Balaban J connectivity index is 1.74. The Hall–Kier alpha value is -0.450. The fourth-order valence-electron chi connectivity index (χ4n) is 3.18. The van der Waals surface area contributed by atoms with E-state index < -0.39 is 0 Å². The van der Waals surface area contributed by atoms with E-state index in [1.807, 2.05) is 17.8 Å². The first-order valence-corrected chi connectivity index (χ1v) is 7.87. The molecule has 100 valence electrons. The van der Waals surface area contributed by atoms with E-state index in [0.717, 1.165) is 31.0 Å². The smallest absolute Gasteiger partial charge is 0.123 e. The third-order valence-electron chi connectivity index (χ3n) is 4.31. The van der Waals surface area contributed by atoms with Crippen LogP contribution in [-0.2, 0) is 4.74 Å². The van der Waals surface area contributed by atoms with Gasteiger partial charge >= 0.3 is 0 Å². The number of hydrogen-bond acceptors (Lipinski definition) is 4. The second-order valence-electron chi connectivity index (χ2n) is 5.58. The zero-order valence-corrected chi connectivity index (χ0v) is 11.7. The van der Waals surface area contributed by atoms with Gasteiger partial charge in [0.25, 0.3) is 0 Å². The van der Waals surface area contributed by atoms with Gasteiger partial charge in [-0.2, -0.15) is 11.8 Å². The van der Waals surface area contributed by atoms with Crippen LogP contribution in [0.1, 0.15) is 36.6 Å². The second-order valence-corrected chi connectivity index (χ2v) is 6.69. The van der Waals surface area contributed by atoms with Crippen LogP contribution in [0.4, 0.5) is 0 Å². The van der Waals surface area contributed by atoms with Crippen molar-refractivity contribution in [2.75, 3.05) is 18.1 Å². The average Bonchev–Trinajstić information content (AvgIpc) is 2.98. The first kappa shape index (κ1) is 12.6. The Morgan fingerprint density at radius 3 is 3.11 bits per heavy atom. The van der Waals surface area contributed by atoms with Crippen molar-refractivity contribution < 1.29 is 9.15 Å². The van der Waals surface area contributed by atoms with Crippen molar-refractivity contribution in [3.05, 3.63) is 23.7 Å². The Kier molecular flexibility index (Phi) is 3.43. The van der Waals surface area contributed by atoms with Gasteiger partial charge in [0, 0.05) is 12.4 Å². The van der Waals surface area contributed by atoms with E-state index in [-0.39, 0.29) is 11.6 Å². The molecule has 3 atom stereocenters. The zero-order chi connectivity index (χ0) is 12.6. The van der Waals surface area contributed by atoms with Crippen molar-refractivity contribution in [1.29, 1.82) is 0 Å². The van der Waals surface area contributed by atoms with Gasteiger partial charge in [-0.15, -0.1) is 0 Å². The van der Waals surface area contributed by atoms with Crippen LogP contribution in [0.2, 0.25) is 0 Å². The molecule has 3 nitrogen and oxygen atoms in total. The molecule has 1 aromatic heterocycles. The van der Waals surface area contributed by atoms with Crippen LogP contribution in [0, 0.1) is 12.8 Å². The summed E-state index contributed by atoms with van der Waals surface area (Å²) in [5.74, 6) is 3.81. The molecule has 2 fully saturated rings. The topological polar surface area (TPSA) is 48.4 Å². The predicted molar refractivity (Wildman–Crippen MR) is 73.7 cm³/mol. The van der Waals surface area contributed by atoms with Gasteiger partial charge in [0.2, 0.25) is 0 Å². The monoisotopic (exact) mass is 267 g/mol. The molecule has 2 aliphatic rings. The molecular formula is C14H21NO2S. The Labute approximate surface area is 112 Å². The molecule has 2 saturated heterocycles. The molecule has 2 N–H and O–H groups in total. The van der Waals surface area contributed by atoms with Crippen LogP contribution in [0.5, 0.6) is 0 Å². The molecule has 3 heterocycles. The van der Waals surface area contributed by atoms with E-state index in [2.05, 4.69) is 6.92 Å². The molecular weight excluding hydrogens is 246 g/mol. The predicted octanol–water partition coefficient (Wildman–Crippen LogP) is 2.89. The molecule has 0 amide bonds. The molecule has 3 rings (SSSR count). The molecule has 2 aliphatic heterocycles. The van der Waals surface area contributed by atoms with Gasteiger partial charge < -0.3 is 14.9 Å². The van der Waals surface area contributed by atoms with E-state index in [1.165, 1.54) is 17.7 Å². The standard InChI is InChI=1S/C14H21NO2S/c1-10-2-5-16-13(10)12(15)11-3-6-17-14(8-11)4-7-18-9-14/h2,5,11-12H,3-4,6-9,15H2,1H3. The third-order valence-corrected chi connectivity index (χ3v) is 5.53. The van der Waals surface area contributed by atoms with Crippen LogP contribution >= 0.6 is 11.8 Å². The molecule has 1 aromatic rings. The van der Waals surface area contributed by atoms with E-state index >= 15 is 0 Å². The average molecular weight is 267 g/mol. The highest BCUT2D eigenvalue weighted by atomic mass is 32.2. The van der Waals surface area contributed by atoms with Gasteiger partial charge in [0.15, 0.2) is 0 Å². The lowest BCUT2D eigenvalue weighted by Gasteiger charge is -2.39. The number of rotatable bonds is 2. The third kappa shape index (κ3) is 2.22. The Bertz CT molecular complexity index is 412. The zero-order valence-electron chi connectivity index (χ0n) is 10.9. The maximum atomic E-state index is 6.41. The molecule has 18 heavy (non-hydrogen) atoms. The fraction of sp³-hybridized carbons (Fsp3) is 0.714. The lowest BCUT2D eigenvalue weighted by molar-refractivity contribution is -0.0843. The largest absolute Gasteiger partial charge is 0.467 e. The van der Waals surface area contributed by atoms with Crippen molar-refractivity contribution in [2.45, 2.75) is 37.8 Å². The van der Waals surface area contributed by atoms with Crippen molar-refractivity contribution in [3.63, 3.8) is 0 Å². The minimum absolute atomic E-state index is 0.0198. The lowest BCUT2D eigenvalue weighted by Crippen LogP contribution is -2.42. The summed E-state index contributed by atoms with van der Waals surface area (Å²) in [4.78, 5) is 0. The summed E-state index contributed by atoms with van der Waals surface area (Å²) < 4.78 is 11.6. The number of aryl methyl sites for hydroxylation is 1. The minimum Gasteiger partial charge on any atom is -0.467 e. The summed E-state index contributed by atoms with van der Waals surface area (Å²) in [5.41, 5.74) is 7.68.